The molecule has 1 heterocycles. The lowest BCUT2D eigenvalue weighted by Crippen LogP contribution is -2.28. The fraction of sp³-hybridized carbons (Fsp3) is 0.500. The van der Waals surface area contributed by atoms with E-state index in [1.165, 1.54) is 12.1 Å². The van der Waals surface area contributed by atoms with Crippen molar-refractivity contribution < 1.29 is 22.7 Å². The summed E-state index contributed by atoms with van der Waals surface area (Å²) in [6.07, 6.45) is 4.73. The van der Waals surface area contributed by atoms with Crippen LogP contribution in [0.5, 0.6) is 0 Å². The zero-order valence-corrected chi connectivity index (χ0v) is 17.1. The molecular weight excluding hydrogens is 366 g/mol. The highest BCUT2D eigenvalue weighted by molar-refractivity contribution is 7.90. The van der Waals surface area contributed by atoms with Gasteiger partial charge in [-0.2, -0.15) is 0 Å². The van der Waals surface area contributed by atoms with E-state index in [2.05, 4.69) is 5.32 Å². The number of nitrogens with one attached hydrogen (secondary N) is 1. The normalized spacial score (nSPS) is 16.8. The van der Waals surface area contributed by atoms with Crippen LogP contribution in [0.15, 0.2) is 35.2 Å². The average molecular weight is 394 g/mol. The number of hydrogen-bond acceptors (Lipinski definition) is 6. The summed E-state index contributed by atoms with van der Waals surface area (Å²) in [4.78, 5) is 25.0. The zero-order chi connectivity index (χ0) is 20.2. The maximum absolute atomic E-state index is 12.7. The number of hydrogen-bond donors (Lipinski definition) is 1. The largest absolute Gasteiger partial charge is 0.389 e. The van der Waals surface area contributed by atoms with Crippen molar-refractivity contribution in [3.63, 3.8) is 0 Å². The van der Waals surface area contributed by atoms with Crippen molar-refractivity contribution in [1.29, 1.82) is 0 Å². The first-order valence-corrected chi connectivity index (χ1v) is 10.9. The second-order valence-corrected chi connectivity index (χ2v) is 9.91. The molecule has 0 spiro atoms. The Labute approximate surface area is 160 Å². The van der Waals surface area contributed by atoms with Crippen molar-refractivity contribution in [3.05, 3.63) is 35.9 Å². The third kappa shape index (κ3) is 6.01. The van der Waals surface area contributed by atoms with Crippen LogP contribution in [0.2, 0.25) is 0 Å². The monoisotopic (exact) mass is 393 g/mol. The Balaban J connectivity index is 2.36. The van der Waals surface area contributed by atoms with Gasteiger partial charge in [0, 0.05) is 6.26 Å². The smallest absolute Gasteiger partial charge is 0.346 e. The number of rotatable bonds is 4. The Morgan fingerprint density at radius 1 is 1.11 bits per heavy atom. The van der Waals surface area contributed by atoms with Crippen LogP contribution in [0, 0.1) is 11.3 Å². The highest BCUT2D eigenvalue weighted by Crippen LogP contribution is 2.25. The van der Waals surface area contributed by atoms with E-state index in [4.69, 9.17) is 4.74 Å². The molecule has 0 bridgehead atoms. The van der Waals surface area contributed by atoms with Crippen LogP contribution in [0.3, 0.4) is 0 Å². The number of ether oxygens (including phenoxy) is 1. The first-order valence-electron chi connectivity index (χ1n) is 8.98. The summed E-state index contributed by atoms with van der Waals surface area (Å²) in [6, 6.07) is 6.07. The lowest BCUT2D eigenvalue weighted by molar-refractivity contribution is -0.161. The highest BCUT2D eigenvalue weighted by atomic mass is 32.2. The van der Waals surface area contributed by atoms with Crippen LogP contribution in [0.4, 0.5) is 0 Å². The Hall–Kier alpha value is -1.99. The molecule has 1 N–H and O–H groups in total. The fourth-order valence-corrected chi connectivity index (χ4v) is 3.33. The predicted octanol–water partition coefficient (Wildman–Crippen LogP) is 2.59. The van der Waals surface area contributed by atoms with Crippen LogP contribution in [0.25, 0.3) is 5.57 Å². The molecule has 2 rings (SSSR count). The van der Waals surface area contributed by atoms with Gasteiger partial charge in [0.25, 0.3) is 0 Å². The SMILES string of the molecule is CC(C)(C)C(=O)OC(=O)/C(=C/C1CCNCC1)c1ccc(S(C)(=O)=O)cc1. The van der Waals surface area contributed by atoms with Crippen LogP contribution < -0.4 is 5.32 Å². The molecule has 1 saturated heterocycles. The quantitative estimate of drug-likeness (QED) is 0.480. The molecular formula is C20H27NO5S. The first kappa shape index (κ1) is 21.3. The third-order valence-corrected chi connectivity index (χ3v) is 5.53. The molecule has 27 heavy (non-hydrogen) atoms. The van der Waals surface area contributed by atoms with E-state index in [1.54, 1.807) is 32.9 Å². The van der Waals surface area contributed by atoms with Gasteiger partial charge in [-0.3, -0.25) is 4.79 Å². The van der Waals surface area contributed by atoms with E-state index in [9.17, 15) is 18.0 Å². The minimum absolute atomic E-state index is 0.173. The van der Waals surface area contributed by atoms with E-state index < -0.39 is 27.2 Å². The zero-order valence-electron chi connectivity index (χ0n) is 16.2. The van der Waals surface area contributed by atoms with Crippen LogP contribution >= 0.6 is 0 Å². The summed E-state index contributed by atoms with van der Waals surface area (Å²) in [6.45, 7) is 6.76. The van der Waals surface area contributed by atoms with Gasteiger partial charge >= 0.3 is 11.9 Å². The number of carbonyl (C=O) groups excluding carboxylic acids is 2. The first-order chi connectivity index (χ1) is 12.5. The molecule has 1 aliphatic heterocycles. The molecule has 0 amide bonds. The fourth-order valence-electron chi connectivity index (χ4n) is 2.70. The van der Waals surface area contributed by atoms with Gasteiger partial charge in [-0.15, -0.1) is 0 Å². The molecule has 1 aliphatic rings. The Morgan fingerprint density at radius 2 is 1.67 bits per heavy atom. The molecule has 1 aromatic carbocycles. The van der Waals surface area contributed by atoms with E-state index in [0.29, 0.717) is 11.1 Å². The summed E-state index contributed by atoms with van der Waals surface area (Å²) < 4.78 is 28.4. The van der Waals surface area contributed by atoms with Crippen LogP contribution in [0.1, 0.15) is 39.2 Å². The topological polar surface area (TPSA) is 89.5 Å². The number of esters is 2. The predicted molar refractivity (Wildman–Crippen MR) is 104 cm³/mol. The lowest BCUT2D eigenvalue weighted by atomic mass is 9.93. The van der Waals surface area contributed by atoms with Gasteiger partial charge in [-0.05, 0) is 70.3 Å². The Morgan fingerprint density at radius 3 is 2.15 bits per heavy atom. The summed E-state index contributed by atoms with van der Waals surface area (Å²) in [5.74, 6) is -1.12. The molecule has 6 nitrogen and oxygen atoms in total. The van der Waals surface area contributed by atoms with Crippen molar-refractivity contribution in [2.24, 2.45) is 11.3 Å². The van der Waals surface area contributed by atoms with Gasteiger partial charge in [0.1, 0.15) is 0 Å². The van der Waals surface area contributed by atoms with Gasteiger partial charge in [0.05, 0.1) is 15.9 Å². The standard InChI is InChI=1S/C20H27NO5S/c1-20(2,3)19(23)26-18(22)17(13-14-9-11-21-12-10-14)15-5-7-16(8-6-15)27(4,24)25/h5-8,13-14,21H,9-12H2,1-4H3/b17-13+. The Bertz CT molecular complexity index is 826. The van der Waals surface area contributed by atoms with E-state index >= 15 is 0 Å². The molecule has 1 aromatic rings. The number of piperidine rings is 1. The summed E-state index contributed by atoms with van der Waals surface area (Å²) >= 11 is 0. The highest BCUT2D eigenvalue weighted by Gasteiger charge is 2.28. The van der Waals surface area contributed by atoms with Crippen LogP contribution in [-0.2, 0) is 24.2 Å². The van der Waals surface area contributed by atoms with Crippen LogP contribution in [-0.4, -0.2) is 39.7 Å². The van der Waals surface area contributed by atoms with E-state index in [-0.39, 0.29) is 10.8 Å². The maximum atomic E-state index is 12.7. The molecule has 0 aliphatic carbocycles. The van der Waals surface area contributed by atoms with Crippen molar-refractivity contribution in [2.45, 2.75) is 38.5 Å². The molecule has 0 unspecified atom stereocenters. The molecule has 0 radical (unpaired) electrons. The second kappa shape index (κ2) is 8.35. The van der Waals surface area contributed by atoms with Gasteiger partial charge < -0.3 is 10.1 Å². The molecule has 0 saturated carbocycles. The van der Waals surface area contributed by atoms with E-state index in [0.717, 1.165) is 32.2 Å². The molecule has 7 heteroatoms. The summed E-state index contributed by atoms with van der Waals surface area (Å²) in [5.41, 5.74) is 0.0301. The number of carbonyl (C=O) groups is 2. The minimum Gasteiger partial charge on any atom is -0.389 e. The van der Waals surface area contributed by atoms with Crippen molar-refractivity contribution in [2.75, 3.05) is 19.3 Å². The van der Waals surface area contributed by atoms with Gasteiger partial charge in [-0.25, -0.2) is 13.2 Å². The molecule has 1 fully saturated rings. The van der Waals surface area contributed by atoms with Gasteiger partial charge in [0.2, 0.25) is 0 Å². The average Bonchev–Trinajstić information content (AvgIpc) is 2.59. The molecule has 0 aromatic heterocycles. The third-order valence-electron chi connectivity index (χ3n) is 4.40. The number of sulfone groups is 1. The van der Waals surface area contributed by atoms with Gasteiger partial charge in [0.15, 0.2) is 9.84 Å². The molecule has 0 atom stereocenters. The Kier molecular flexibility index (Phi) is 6.59. The number of benzene rings is 1. The van der Waals surface area contributed by atoms with Crippen molar-refractivity contribution in [1.82, 2.24) is 5.32 Å². The number of allylic oxidation sites excluding steroid dienone is 1. The second-order valence-electron chi connectivity index (χ2n) is 7.89. The molecule has 148 valence electrons. The lowest BCUT2D eigenvalue weighted by Gasteiger charge is -2.21. The van der Waals surface area contributed by atoms with Crippen molar-refractivity contribution >= 4 is 27.3 Å². The summed E-state index contributed by atoms with van der Waals surface area (Å²) in [5, 5.41) is 3.27. The van der Waals surface area contributed by atoms with Gasteiger partial charge in [-0.1, -0.05) is 18.2 Å². The van der Waals surface area contributed by atoms with E-state index in [1.807, 2.05) is 6.08 Å². The maximum Gasteiger partial charge on any atom is 0.346 e. The summed E-state index contributed by atoms with van der Waals surface area (Å²) in [7, 11) is -3.33. The van der Waals surface area contributed by atoms with Crippen molar-refractivity contribution in [3.8, 4) is 0 Å². The minimum atomic E-state index is -3.33.